The molecule has 2 fully saturated rings. The fourth-order valence-electron chi connectivity index (χ4n) is 1.88. The smallest absolute Gasteiger partial charge is 0.230 e. The molecule has 0 aromatic heterocycles. The van der Waals surface area contributed by atoms with Crippen molar-refractivity contribution in [2.75, 3.05) is 12.3 Å². The van der Waals surface area contributed by atoms with Crippen molar-refractivity contribution < 1.29 is 9.59 Å². The summed E-state index contributed by atoms with van der Waals surface area (Å²) in [7, 11) is 0. The predicted octanol–water partition coefficient (Wildman–Crippen LogP) is 1.11. The number of hydrogen-bond acceptors (Lipinski definition) is 3. The molecule has 0 spiro atoms. The molecule has 2 atom stereocenters. The molecule has 3 heterocycles. The first-order valence-corrected chi connectivity index (χ1v) is 6.77. The highest BCUT2D eigenvalue weighted by atomic mass is 32.2. The number of nitrogens with one attached hydrogen (secondary N) is 1. The molecule has 0 saturated carbocycles. The monoisotopic (exact) mass is 252 g/mol. The van der Waals surface area contributed by atoms with E-state index in [1.165, 1.54) is 0 Å². The van der Waals surface area contributed by atoms with Crippen molar-refractivity contribution in [1.29, 1.82) is 0 Å². The summed E-state index contributed by atoms with van der Waals surface area (Å²) in [4.78, 5) is 23.1. The lowest BCUT2D eigenvalue weighted by atomic mass is 10.1. The Morgan fingerprint density at radius 1 is 1.53 bits per heavy atom. The predicted molar refractivity (Wildman–Crippen MR) is 68.2 cm³/mol. The minimum atomic E-state index is 0.0787. The fraction of sp³-hybridized carbons (Fsp3) is 0.500. The molecule has 0 bridgehead atoms. The Labute approximate surface area is 105 Å². The average molecular weight is 252 g/mol. The van der Waals surface area contributed by atoms with E-state index >= 15 is 0 Å². The van der Waals surface area contributed by atoms with Crippen LogP contribution in [0.25, 0.3) is 0 Å². The van der Waals surface area contributed by atoms with E-state index in [-0.39, 0.29) is 17.7 Å². The highest BCUT2D eigenvalue weighted by Crippen LogP contribution is 2.32. The van der Waals surface area contributed by atoms with Gasteiger partial charge in [-0.2, -0.15) is 0 Å². The van der Waals surface area contributed by atoms with Crippen molar-refractivity contribution in [2.24, 2.45) is 5.92 Å². The first kappa shape index (κ1) is 12.2. The summed E-state index contributed by atoms with van der Waals surface area (Å²) < 4.78 is 0. The Bertz CT molecular complexity index is 368. The van der Waals surface area contributed by atoms with Crippen molar-refractivity contribution in [1.82, 2.24) is 10.2 Å². The van der Waals surface area contributed by atoms with Gasteiger partial charge >= 0.3 is 0 Å². The molecule has 0 aromatic rings. The number of β-lactam (4-membered cyclic amide) rings is 1. The van der Waals surface area contributed by atoms with Gasteiger partial charge in [0.05, 0.1) is 17.7 Å². The summed E-state index contributed by atoms with van der Waals surface area (Å²) in [6.07, 6.45) is 7.28. The highest BCUT2D eigenvalue weighted by molar-refractivity contribution is 8.00. The van der Waals surface area contributed by atoms with E-state index in [9.17, 15) is 9.59 Å². The molecule has 4 nitrogen and oxygen atoms in total. The van der Waals surface area contributed by atoms with E-state index < -0.39 is 0 Å². The van der Waals surface area contributed by atoms with Gasteiger partial charge in [-0.3, -0.25) is 9.59 Å². The molecule has 3 rings (SSSR count). The molecule has 2 amide bonds. The molecule has 0 radical (unpaired) electrons. The van der Waals surface area contributed by atoms with Gasteiger partial charge in [-0.15, -0.1) is 18.3 Å². The van der Waals surface area contributed by atoms with Crippen LogP contribution >= 0.6 is 11.8 Å². The van der Waals surface area contributed by atoms with Crippen LogP contribution in [0.1, 0.15) is 12.8 Å². The second kappa shape index (κ2) is 5.40. The van der Waals surface area contributed by atoms with Gasteiger partial charge in [-0.05, 0) is 6.42 Å². The first-order chi connectivity index (χ1) is 8.22. The number of nitrogens with zero attached hydrogens (tertiary/aromatic N) is 1. The third kappa shape index (κ3) is 2.72. The van der Waals surface area contributed by atoms with Crippen LogP contribution in [0.3, 0.4) is 0 Å². The number of rotatable bonds is 1. The Hall–Kier alpha value is -1.23. The minimum Gasteiger partial charge on any atom is -0.356 e. The van der Waals surface area contributed by atoms with Crippen LogP contribution in [-0.2, 0) is 9.59 Å². The van der Waals surface area contributed by atoms with Crippen molar-refractivity contribution in [2.45, 2.75) is 18.2 Å². The molecule has 1 N–H and O–H groups in total. The third-order valence-electron chi connectivity index (χ3n) is 2.97. The summed E-state index contributed by atoms with van der Waals surface area (Å²) in [6.45, 7) is 4.35. The zero-order valence-electron chi connectivity index (χ0n) is 9.59. The van der Waals surface area contributed by atoms with Crippen molar-refractivity contribution in [3.8, 4) is 0 Å². The van der Waals surface area contributed by atoms with Crippen LogP contribution in [-0.4, -0.2) is 34.4 Å². The summed E-state index contributed by atoms with van der Waals surface area (Å²) in [5.41, 5.74) is 0. The van der Waals surface area contributed by atoms with E-state index in [0.29, 0.717) is 5.37 Å². The Morgan fingerprint density at radius 3 is 2.76 bits per heavy atom. The number of hydrogen-bond donors (Lipinski definition) is 1. The third-order valence-corrected chi connectivity index (χ3v) is 4.14. The highest BCUT2D eigenvalue weighted by Gasteiger charge is 2.35. The van der Waals surface area contributed by atoms with Gasteiger partial charge < -0.3 is 10.2 Å². The molecule has 0 aromatic carbocycles. The topological polar surface area (TPSA) is 49.4 Å². The van der Waals surface area contributed by atoms with Gasteiger partial charge in [0.1, 0.15) is 0 Å². The quantitative estimate of drug-likeness (QED) is 0.562. The summed E-state index contributed by atoms with van der Waals surface area (Å²) in [5, 5.41) is 3.18. The first-order valence-electron chi connectivity index (χ1n) is 5.72. The van der Waals surface area contributed by atoms with Crippen molar-refractivity contribution in [3.63, 3.8) is 0 Å². The largest absolute Gasteiger partial charge is 0.356 e. The maximum absolute atomic E-state index is 10.7. The molecular weight excluding hydrogens is 236 g/mol. The van der Waals surface area contributed by atoms with Crippen LogP contribution < -0.4 is 5.32 Å². The maximum Gasteiger partial charge on any atom is 0.230 e. The molecule has 1 unspecified atom stereocenters. The maximum atomic E-state index is 10.7. The average Bonchev–Trinajstić information content (AvgIpc) is 2.74. The van der Waals surface area contributed by atoms with Gasteiger partial charge in [-0.1, -0.05) is 12.2 Å². The lowest BCUT2D eigenvalue weighted by Gasteiger charge is -2.39. The lowest BCUT2D eigenvalue weighted by molar-refractivity contribution is -0.137. The summed E-state index contributed by atoms with van der Waals surface area (Å²) in [5.74, 6) is 1.53. The molecule has 3 aliphatic rings. The lowest BCUT2D eigenvalue weighted by Crippen LogP contribution is -2.48. The zero-order valence-corrected chi connectivity index (χ0v) is 10.4. The van der Waals surface area contributed by atoms with Gasteiger partial charge in [0.25, 0.3) is 0 Å². The van der Waals surface area contributed by atoms with Crippen LogP contribution in [0.15, 0.2) is 24.9 Å². The van der Waals surface area contributed by atoms with Crippen LogP contribution in [0.2, 0.25) is 0 Å². The second-order valence-electron chi connectivity index (χ2n) is 4.10. The van der Waals surface area contributed by atoms with E-state index in [1.807, 2.05) is 24.0 Å². The molecule has 17 heavy (non-hydrogen) atoms. The van der Waals surface area contributed by atoms with E-state index in [0.717, 1.165) is 25.1 Å². The van der Waals surface area contributed by atoms with Crippen LogP contribution in [0.4, 0.5) is 0 Å². The van der Waals surface area contributed by atoms with E-state index in [1.54, 1.807) is 11.0 Å². The number of thioether (sulfide) groups is 1. The Morgan fingerprint density at radius 2 is 2.35 bits per heavy atom. The SMILES string of the molecule is C=CC1CCNC1=O.O=C1C[C@H]2SCC=CN12. The number of amides is 2. The minimum absolute atomic E-state index is 0.0787. The number of fused-ring (bicyclic) bond motifs is 1. The molecule has 3 aliphatic heterocycles. The molecule has 2 saturated heterocycles. The standard InChI is InChI=1S/C6H7NOS.C6H9NO/c8-5-4-6-7(5)2-1-3-9-6;1-2-5-3-4-7-6(5)8/h1-2,6H,3-4H2;2,5H,1,3-4H2,(H,7,8)/t6-;/m1./s1. The Balaban J connectivity index is 0.000000128. The molecular formula is C12H16N2O2S. The van der Waals surface area contributed by atoms with Gasteiger partial charge in [0.15, 0.2) is 0 Å². The number of carbonyl (C=O) groups is 2. The van der Waals surface area contributed by atoms with Crippen molar-refractivity contribution in [3.05, 3.63) is 24.9 Å². The van der Waals surface area contributed by atoms with Crippen LogP contribution in [0.5, 0.6) is 0 Å². The number of carbonyl (C=O) groups excluding carboxylic acids is 2. The van der Waals surface area contributed by atoms with E-state index in [4.69, 9.17) is 0 Å². The normalized spacial score (nSPS) is 29.8. The molecule has 0 aliphatic carbocycles. The van der Waals surface area contributed by atoms with Crippen LogP contribution in [0, 0.1) is 5.92 Å². The van der Waals surface area contributed by atoms with E-state index in [2.05, 4.69) is 11.9 Å². The molecule has 5 heteroatoms. The summed E-state index contributed by atoms with van der Waals surface area (Å²) in [6, 6.07) is 0. The van der Waals surface area contributed by atoms with Gasteiger partial charge in [0.2, 0.25) is 11.8 Å². The summed E-state index contributed by atoms with van der Waals surface area (Å²) >= 11 is 1.84. The molecule has 92 valence electrons. The van der Waals surface area contributed by atoms with Gasteiger partial charge in [0, 0.05) is 18.5 Å². The fourth-order valence-corrected chi connectivity index (χ4v) is 2.91. The van der Waals surface area contributed by atoms with Gasteiger partial charge in [-0.25, -0.2) is 0 Å². The Kier molecular flexibility index (Phi) is 3.89. The second-order valence-corrected chi connectivity index (χ2v) is 5.31. The zero-order chi connectivity index (χ0) is 12.3. The van der Waals surface area contributed by atoms with Crippen molar-refractivity contribution >= 4 is 23.6 Å².